The lowest BCUT2D eigenvalue weighted by Gasteiger charge is -2.31. The van der Waals surface area contributed by atoms with Gasteiger partial charge in [-0.05, 0) is 25.1 Å². The molecule has 0 aliphatic heterocycles. The minimum absolute atomic E-state index is 0.133. The van der Waals surface area contributed by atoms with Crippen LogP contribution in [0.1, 0.15) is 12.5 Å². The lowest BCUT2D eigenvalue weighted by atomic mass is 10.1. The topological polar surface area (TPSA) is 86.8 Å². The second kappa shape index (κ2) is 9.90. The summed E-state index contributed by atoms with van der Waals surface area (Å²) in [7, 11) is -2.46. The number of carbonyl (C=O) groups is 2. The van der Waals surface area contributed by atoms with E-state index < -0.39 is 40.2 Å². The van der Waals surface area contributed by atoms with Gasteiger partial charge in [0.25, 0.3) is 0 Å². The standard InChI is InChI=1S/C20H23ClFN3O4S/c1-14(20(27)23-2)24(12-15-8-4-6-10-17(15)22)19(26)13-25(30(3,28)29)18-11-7-5-9-16(18)21/h4-11,14H,12-13H2,1-3H3,(H,23,27)/t14-/m0/s1. The molecular formula is C20H23ClFN3O4S. The Hall–Kier alpha value is -2.65. The maximum atomic E-state index is 14.2. The maximum absolute atomic E-state index is 14.2. The van der Waals surface area contributed by atoms with E-state index in [9.17, 15) is 22.4 Å². The number of likely N-dealkylation sites (N-methyl/N-ethyl adjacent to an activating group) is 1. The van der Waals surface area contributed by atoms with Crippen LogP contribution >= 0.6 is 11.6 Å². The summed E-state index contributed by atoms with van der Waals surface area (Å²) in [4.78, 5) is 26.5. The van der Waals surface area contributed by atoms with Gasteiger partial charge in [-0.1, -0.05) is 41.9 Å². The third kappa shape index (κ3) is 5.70. The number of amides is 2. The first-order chi connectivity index (χ1) is 14.1. The molecule has 1 N–H and O–H groups in total. The van der Waals surface area contributed by atoms with Gasteiger partial charge in [0.15, 0.2) is 0 Å². The molecule has 0 saturated carbocycles. The molecule has 0 heterocycles. The van der Waals surface area contributed by atoms with Gasteiger partial charge in [0.2, 0.25) is 21.8 Å². The van der Waals surface area contributed by atoms with Gasteiger partial charge in [0.05, 0.1) is 17.0 Å². The van der Waals surface area contributed by atoms with Gasteiger partial charge >= 0.3 is 0 Å². The van der Waals surface area contributed by atoms with Gasteiger partial charge in [-0.25, -0.2) is 12.8 Å². The molecule has 10 heteroatoms. The van der Waals surface area contributed by atoms with Crippen molar-refractivity contribution in [2.75, 3.05) is 24.2 Å². The number of benzene rings is 2. The molecule has 2 aromatic rings. The van der Waals surface area contributed by atoms with E-state index in [1.807, 2.05) is 0 Å². The van der Waals surface area contributed by atoms with Gasteiger partial charge in [-0.15, -0.1) is 0 Å². The summed E-state index contributed by atoms with van der Waals surface area (Å²) in [5, 5.41) is 2.59. The van der Waals surface area contributed by atoms with E-state index in [-0.39, 0.29) is 22.8 Å². The smallest absolute Gasteiger partial charge is 0.244 e. The average Bonchev–Trinajstić information content (AvgIpc) is 2.70. The molecule has 0 aliphatic carbocycles. The monoisotopic (exact) mass is 455 g/mol. The van der Waals surface area contributed by atoms with Crippen molar-refractivity contribution in [2.45, 2.75) is 19.5 Å². The van der Waals surface area contributed by atoms with Gasteiger partial charge in [-0.3, -0.25) is 13.9 Å². The third-order valence-electron chi connectivity index (χ3n) is 4.51. The summed E-state index contributed by atoms with van der Waals surface area (Å²) in [5.41, 5.74) is 0.332. The zero-order valence-electron chi connectivity index (χ0n) is 16.8. The molecule has 0 unspecified atom stereocenters. The highest BCUT2D eigenvalue weighted by Crippen LogP contribution is 2.27. The highest BCUT2D eigenvalue weighted by Gasteiger charge is 2.30. The summed E-state index contributed by atoms with van der Waals surface area (Å²) in [6, 6.07) is 11.1. The van der Waals surface area contributed by atoms with E-state index in [4.69, 9.17) is 11.6 Å². The van der Waals surface area contributed by atoms with Crippen molar-refractivity contribution in [3.8, 4) is 0 Å². The molecule has 7 nitrogen and oxygen atoms in total. The lowest BCUT2D eigenvalue weighted by molar-refractivity contribution is -0.139. The summed E-state index contributed by atoms with van der Waals surface area (Å²) < 4.78 is 39.8. The average molecular weight is 456 g/mol. The molecule has 0 saturated heterocycles. The number of nitrogens with zero attached hydrogens (tertiary/aromatic N) is 2. The molecule has 0 aromatic heterocycles. The molecule has 2 rings (SSSR count). The van der Waals surface area contributed by atoms with Crippen LogP contribution in [0, 0.1) is 5.82 Å². The maximum Gasteiger partial charge on any atom is 0.244 e. The fourth-order valence-electron chi connectivity index (χ4n) is 2.85. The van der Waals surface area contributed by atoms with Crippen LogP contribution in [-0.4, -0.2) is 51.0 Å². The number of sulfonamides is 1. The Morgan fingerprint density at radius 2 is 1.73 bits per heavy atom. The number of halogens is 2. The number of hydrogen-bond donors (Lipinski definition) is 1. The second-order valence-corrected chi connectivity index (χ2v) is 8.94. The Balaban J connectivity index is 2.41. The fraction of sp³-hybridized carbons (Fsp3) is 0.300. The number of nitrogens with one attached hydrogen (secondary N) is 1. The first-order valence-electron chi connectivity index (χ1n) is 9.03. The van der Waals surface area contributed by atoms with Crippen LogP contribution in [0.5, 0.6) is 0 Å². The van der Waals surface area contributed by atoms with E-state index in [1.54, 1.807) is 18.2 Å². The van der Waals surface area contributed by atoms with Crippen molar-refractivity contribution in [2.24, 2.45) is 0 Å². The molecule has 30 heavy (non-hydrogen) atoms. The van der Waals surface area contributed by atoms with Crippen LogP contribution in [0.2, 0.25) is 5.02 Å². The third-order valence-corrected chi connectivity index (χ3v) is 5.96. The fourth-order valence-corrected chi connectivity index (χ4v) is 4.00. The molecule has 0 aliphatic rings. The van der Waals surface area contributed by atoms with Crippen LogP contribution in [0.3, 0.4) is 0 Å². The minimum atomic E-state index is -3.87. The summed E-state index contributed by atoms with van der Waals surface area (Å²) in [6.45, 7) is 0.677. The summed E-state index contributed by atoms with van der Waals surface area (Å²) in [6.07, 6.45) is 0.951. The number of anilines is 1. The SMILES string of the molecule is CNC(=O)[C@H](C)N(Cc1ccccc1F)C(=O)CN(c1ccccc1Cl)S(C)(=O)=O. The number of rotatable bonds is 8. The van der Waals surface area contributed by atoms with Crippen molar-refractivity contribution in [1.82, 2.24) is 10.2 Å². The van der Waals surface area contributed by atoms with E-state index in [1.165, 1.54) is 44.3 Å². The second-order valence-electron chi connectivity index (χ2n) is 6.62. The van der Waals surface area contributed by atoms with E-state index in [0.29, 0.717) is 0 Å². The van der Waals surface area contributed by atoms with Crippen LogP contribution in [0.25, 0.3) is 0 Å². The number of para-hydroxylation sites is 1. The Morgan fingerprint density at radius 1 is 1.13 bits per heavy atom. The largest absolute Gasteiger partial charge is 0.357 e. The lowest BCUT2D eigenvalue weighted by Crippen LogP contribution is -2.50. The van der Waals surface area contributed by atoms with E-state index in [0.717, 1.165) is 15.5 Å². The first kappa shape index (κ1) is 23.6. The zero-order valence-corrected chi connectivity index (χ0v) is 18.4. The predicted molar refractivity (Wildman–Crippen MR) is 114 cm³/mol. The van der Waals surface area contributed by atoms with Gasteiger partial charge in [0, 0.05) is 19.2 Å². The quantitative estimate of drug-likeness (QED) is 0.662. The van der Waals surface area contributed by atoms with Gasteiger partial charge < -0.3 is 10.2 Å². The molecule has 0 radical (unpaired) electrons. The van der Waals surface area contributed by atoms with Crippen molar-refractivity contribution >= 4 is 39.1 Å². The number of carbonyl (C=O) groups excluding carboxylic acids is 2. The molecule has 0 spiro atoms. The first-order valence-corrected chi connectivity index (χ1v) is 11.3. The van der Waals surface area contributed by atoms with Crippen LogP contribution in [-0.2, 0) is 26.2 Å². The van der Waals surface area contributed by atoms with Crippen molar-refractivity contribution in [3.05, 3.63) is 64.9 Å². The Bertz CT molecular complexity index is 1030. The summed E-state index contributed by atoms with van der Waals surface area (Å²) in [5.74, 6) is -1.69. The highest BCUT2D eigenvalue weighted by atomic mass is 35.5. The highest BCUT2D eigenvalue weighted by molar-refractivity contribution is 7.92. The van der Waals surface area contributed by atoms with Crippen molar-refractivity contribution in [3.63, 3.8) is 0 Å². The molecular weight excluding hydrogens is 433 g/mol. The molecule has 0 fully saturated rings. The zero-order chi connectivity index (χ0) is 22.5. The predicted octanol–water partition coefficient (Wildman–Crippen LogP) is 2.41. The van der Waals surface area contributed by atoms with Crippen LogP contribution in [0.4, 0.5) is 10.1 Å². The number of hydrogen-bond acceptors (Lipinski definition) is 4. The Morgan fingerprint density at radius 3 is 2.30 bits per heavy atom. The molecule has 162 valence electrons. The normalized spacial score (nSPS) is 12.2. The minimum Gasteiger partial charge on any atom is -0.357 e. The summed E-state index contributed by atoms with van der Waals surface area (Å²) >= 11 is 6.13. The van der Waals surface area contributed by atoms with Crippen molar-refractivity contribution in [1.29, 1.82) is 0 Å². The molecule has 1 atom stereocenters. The van der Waals surface area contributed by atoms with Crippen LogP contribution in [0.15, 0.2) is 48.5 Å². The molecule has 2 amide bonds. The van der Waals surface area contributed by atoms with Gasteiger partial charge in [-0.2, -0.15) is 0 Å². The Kier molecular flexibility index (Phi) is 7.80. The molecule has 2 aromatic carbocycles. The molecule has 0 bridgehead atoms. The van der Waals surface area contributed by atoms with Crippen LogP contribution < -0.4 is 9.62 Å². The van der Waals surface area contributed by atoms with Gasteiger partial charge in [0.1, 0.15) is 18.4 Å². The van der Waals surface area contributed by atoms with E-state index >= 15 is 0 Å². The Labute approximate surface area is 180 Å². The van der Waals surface area contributed by atoms with Crippen molar-refractivity contribution < 1.29 is 22.4 Å². The van der Waals surface area contributed by atoms with E-state index in [2.05, 4.69) is 5.32 Å².